The number of carbonyl (C=O) groups is 1. The lowest BCUT2D eigenvalue weighted by Crippen LogP contribution is -2.01. The molecule has 0 aromatic heterocycles. The Balaban J connectivity index is 1.96. The minimum atomic E-state index is -0.366. The molecule has 0 radical (unpaired) electrons. The van der Waals surface area contributed by atoms with Crippen LogP contribution in [0.25, 0.3) is 0 Å². The molecule has 0 bridgehead atoms. The van der Waals surface area contributed by atoms with Crippen LogP contribution < -0.4 is 0 Å². The van der Waals surface area contributed by atoms with E-state index < -0.39 is 0 Å². The van der Waals surface area contributed by atoms with Gasteiger partial charge < -0.3 is 0 Å². The average Bonchev–Trinajstić information content (AvgIpc) is 2.45. The van der Waals surface area contributed by atoms with Crippen LogP contribution in [0.15, 0.2) is 53.4 Å². The van der Waals surface area contributed by atoms with E-state index in [9.17, 15) is 9.18 Å². The summed E-state index contributed by atoms with van der Waals surface area (Å²) in [6.45, 7) is 0. The number of aryl methyl sites for hydroxylation is 1. The van der Waals surface area contributed by atoms with Crippen molar-refractivity contribution in [2.75, 3.05) is 6.26 Å². The second-order valence-electron chi connectivity index (χ2n) is 4.28. The van der Waals surface area contributed by atoms with Crippen molar-refractivity contribution in [3.05, 3.63) is 65.5 Å². The van der Waals surface area contributed by atoms with Crippen molar-refractivity contribution in [2.45, 2.75) is 17.7 Å². The van der Waals surface area contributed by atoms with Gasteiger partial charge in [-0.05, 0) is 42.5 Å². The quantitative estimate of drug-likeness (QED) is 0.595. The predicted molar refractivity (Wildman–Crippen MR) is 77.3 cm³/mol. The topological polar surface area (TPSA) is 17.1 Å². The van der Waals surface area contributed by atoms with Gasteiger partial charge in [0.15, 0.2) is 5.78 Å². The predicted octanol–water partition coefficient (Wildman–Crippen LogP) is 4.36. The Bertz CT molecular complexity index is 563. The second-order valence-corrected chi connectivity index (χ2v) is 5.16. The van der Waals surface area contributed by atoms with Crippen LogP contribution in [0, 0.1) is 5.82 Å². The molecule has 0 spiro atoms. The van der Waals surface area contributed by atoms with Gasteiger partial charge in [-0.2, -0.15) is 0 Å². The smallest absolute Gasteiger partial charge is 0.163 e. The maximum absolute atomic E-state index is 13.0. The zero-order valence-electron chi connectivity index (χ0n) is 10.7. The molecule has 19 heavy (non-hydrogen) atoms. The third kappa shape index (κ3) is 3.93. The molecule has 0 heterocycles. The van der Waals surface area contributed by atoms with Crippen LogP contribution in [0.3, 0.4) is 0 Å². The Morgan fingerprint density at radius 2 is 1.89 bits per heavy atom. The van der Waals surface area contributed by atoms with Gasteiger partial charge in [0.1, 0.15) is 5.82 Å². The highest BCUT2D eigenvalue weighted by molar-refractivity contribution is 7.98. The van der Waals surface area contributed by atoms with Crippen molar-refractivity contribution >= 4 is 17.5 Å². The summed E-state index contributed by atoms with van der Waals surface area (Å²) in [5, 5.41) is 0. The van der Waals surface area contributed by atoms with Crippen LogP contribution in [-0.4, -0.2) is 12.0 Å². The average molecular weight is 274 g/mol. The first-order valence-electron chi connectivity index (χ1n) is 6.11. The summed E-state index contributed by atoms with van der Waals surface area (Å²) in [4.78, 5) is 13.1. The molecule has 0 saturated heterocycles. The lowest BCUT2D eigenvalue weighted by atomic mass is 10.0. The van der Waals surface area contributed by atoms with E-state index in [0.29, 0.717) is 18.4 Å². The van der Waals surface area contributed by atoms with Gasteiger partial charge in [0.2, 0.25) is 0 Å². The lowest BCUT2D eigenvalue weighted by molar-refractivity contribution is 0.0982. The van der Waals surface area contributed by atoms with Gasteiger partial charge in [-0.1, -0.05) is 24.3 Å². The van der Waals surface area contributed by atoms with Gasteiger partial charge in [0, 0.05) is 16.9 Å². The molecule has 0 N–H and O–H groups in total. The molecule has 0 unspecified atom stereocenters. The standard InChI is InChI=1S/C16H15FOS/c1-19-15-8-5-12(6-9-15)7-10-16(18)13-3-2-4-14(17)11-13/h2-6,8-9,11H,7,10H2,1H3. The Hall–Kier alpha value is -1.61. The minimum Gasteiger partial charge on any atom is -0.294 e. The van der Waals surface area contributed by atoms with Crippen molar-refractivity contribution in [3.8, 4) is 0 Å². The zero-order chi connectivity index (χ0) is 13.7. The number of Topliss-reactive ketones (excluding diaryl/α,β-unsaturated/α-hetero) is 1. The van der Waals surface area contributed by atoms with Gasteiger partial charge >= 0.3 is 0 Å². The van der Waals surface area contributed by atoms with Crippen LogP contribution in [-0.2, 0) is 6.42 Å². The van der Waals surface area contributed by atoms with Gasteiger partial charge in [-0.15, -0.1) is 11.8 Å². The van der Waals surface area contributed by atoms with Gasteiger partial charge in [0.25, 0.3) is 0 Å². The number of thioether (sulfide) groups is 1. The highest BCUT2D eigenvalue weighted by atomic mass is 32.2. The summed E-state index contributed by atoms with van der Waals surface area (Å²) in [5.41, 5.74) is 1.57. The fourth-order valence-electron chi connectivity index (χ4n) is 1.86. The molecule has 2 rings (SSSR count). The van der Waals surface area contributed by atoms with Crippen LogP contribution in [0.1, 0.15) is 22.3 Å². The first kappa shape index (κ1) is 13.8. The van der Waals surface area contributed by atoms with Crippen LogP contribution in [0.2, 0.25) is 0 Å². The molecule has 1 nitrogen and oxygen atoms in total. The molecule has 0 atom stereocenters. The van der Waals surface area contributed by atoms with Crippen molar-refractivity contribution in [1.82, 2.24) is 0 Å². The summed E-state index contributed by atoms with van der Waals surface area (Å²) >= 11 is 1.69. The van der Waals surface area contributed by atoms with E-state index >= 15 is 0 Å². The number of carbonyl (C=O) groups excluding carboxylic acids is 1. The molecular weight excluding hydrogens is 259 g/mol. The third-order valence-corrected chi connectivity index (χ3v) is 3.69. The van der Waals surface area contributed by atoms with Gasteiger partial charge in [0.05, 0.1) is 0 Å². The van der Waals surface area contributed by atoms with Crippen molar-refractivity contribution in [1.29, 1.82) is 0 Å². The normalized spacial score (nSPS) is 10.4. The summed E-state index contributed by atoms with van der Waals surface area (Å²) in [6, 6.07) is 14.0. The Labute approximate surface area is 116 Å². The SMILES string of the molecule is CSc1ccc(CCC(=O)c2cccc(F)c2)cc1. The van der Waals surface area contributed by atoms with E-state index in [1.807, 2.05) is 30.5 Å². The van der Waals surface area contributed by atoms with E-state index in [4.69, 9.17) is 0 Å². The molecule has 3 heteroatoms. The Morgan fingerprint density at radius 3 is 2.53 bits per heavy atom. The largest absolute Gasteiger partial charge is 0.294 e. The summed E-state index contributed by atoms with van der Waals surface area (Å²) in [7, 11) is 0. The molecule has 0 aliphatic rings. The van der Waals surface area contributed by atoms with E-state index in [1.54, 1.807) is 23.9 Å². The Kier molecular flexibility index (Phi) is 4.74. The number of ketones is 1. The summed E-state index contributed by atoms with van der Waals surface area (Å²) in [5.74, 6) is -0.386. The zero-order valence-corrected chi connectivity index (χ0v) is 11.5. The van der Waals surface area contributed by atoms with Gasteiger partial charge in [-0.3, -0.25) is 4.79 Å². The lowest BCUT2D eigenvalue weighted by Gasteiger charge is -2.03. The number of halogens is 1. The van der Waals surface area contributed by atoms with Crippen molar-refractivity contribution in [3.63, 3.8) is 0 Å². The molecule has 0 amide bonds. The molecule has 0 saturated carbocycles. The van der Waals surface area contributed by atoms with Crippen LogP contribution in [0.5, 0.6) is 0 Å². The first-order chi connectivity index (χ1) is 9.19. The van der Waals surface area contributed by atoms with E-state index in [1.165, 1.54) is 17.0 Å². The second kappa shape index (κ2) is 6.53. The highest BCUT2D eigenvalue weighted by Crippen LogP contribution is 2.16. The summed E-state index contributed by atoms with van der Waals surface area (Å²) in [6.07, 6.45) is 3.12. The fourth-order valence-corrected chi connectivity index (χ4v) is 2.26. The van der Waals surface area contributed by atoms with E-state index in [2.05, 4.69) is 0 Å². The minimum absolute atomic E-state index is 0.0200. The number of benzene rings is 2. The molecule has 2 aromatic rings. The number of rotatable bonds is 5. The molecule has 98 valence electrons. The third-order valence-electron chi connectivity index (χ3n) is 2.95. The van der Waals surface area contributed by atoms with Crippen molar-refractivity contribution < 1.29 is 9.18 Å². The molecule has 2 aromatic carbocycles. The first-order valence-corrected chi connectivity index (χ1v) is 7.33. The van der Waals surface area contributed by atoms with Crippen LogP contribution >= 0.6 is 11.8 Å². The highest BCUT2D eigenvalue weighted by Gasteiger charge is 2.07. The molecule has 0 aliphatic heterocycles. The van der Waals surface area contributed by atoms with Gasteiger partial charge in [-0.25, -0.2) is 4.39 Å². The molecule has 0 aliphatic carbocycles. The van der Waals surface area contributed by atoms with Crippen LogP contribution in [0.4, 0.5) is 4.39 Å². The van der Waals surface area contributed by atoms with Crippen molar-refractivity contribution in [2.24, 2.45) is 0 Å². The van der Waals surface area contributed by atoms with E-state index in [0.717, 1.165) is 5.56 Å². The monoisotopic (exact) mass is 274 g/mol. The van der Waals surface area contributed by atoms with E-state index in [-0.39, 0.29) is 11.6 Å². The molecule has 0 fully saturated rings. The summed E-state index contributed by atoms with van der Waals surface area (Å²) < 4.78 is 13.0. The number of hydrogen-bond donors (Lipinski definition) is 0. The maximum Gasteiger partial charge on any atom is 0.163 e. The Morgan fingerprint density at radius 1 is 1.16 bits per heavy atom. The maximum atomic E-state index is 13.0. The molecular formula is C16H15FOS. The number of hydrogen-bond acceptors (Lipinski definition) is 2. The fraction of sp³-hybridized carbons (Fsp3) is 0.188.